The van der Waals surface area contributed by atoms with E-state index in [1.54, 1.807) is 5.38 Å². The maximum absolute atomic E-state index is 12.6. The van der Waals surface area contributed by atoms with E-state index in [1.165, 1.54) is 11.3 Å². The Morgan fingerprint density at radius 2 is 1.88 bits per heavy atom. The fraction of sp³-hybridized carbons (Fsp3) is 0.500. The topological polar surface area (TPSA) is 139 Å². The lowest BCUT2D eigenvalue weighted by Crippen LogP contribution is -2.49. The summed E-state index contributed by atoms with van der Waals surface area (Å²) in [6.45, 7) is 9.50. The number of methoxy groups -OCH3 is 1. The molecule has 12 heteroatoms. The van der Waals surface area contributed by atoms with Crippen molar-refractivity contribution >= 4 is 40.2 Å². The molecule has 2 fully saturated rings. The van der Waals surface area contributed by atoms with E-state index in [2.05, 4.69) is 38.8 Å². The van der Waals surface area contributed by atoms with Crippen molar-refractivity contribution in [3.05, 3.63) is 35.6 Å². The Bertz CT molecular complexity index is 971. The standard InChI is InChI=1S/C22H29N5O6S/c1-13(18(28)24-14(2)21(31)32-3)23-20(30)17-12-34-22(26-17)27-8-4-5-16(11-27)25-19(29)15-6-9-33-10-7-15/h12,15-16H,1-2,4-11H2,3H3,(H,23,30)(H,24,28)(H,25,29)/t16-/m0/s1. The molecule has 11 nitrogen and oxygen atoms in total. The van der Waals surface area contributed by atoms with E-state index in [-0.39, 0.29) is 35.0 Å². The van der Waals surface area contributed by atoms with Crippen molar-refractivity contribution in [2.75, 3.05) is 38.3 Å². The van der Waals surface area contributed by atoms with Crippen LogP contribution in [-0.2, 0) is 23.9 Å². The molecule has 3 N–H and O–H groups in total. The van der Waals surface area contributed by atoms with E-state index in [0.717, 1.165) is 39.3 Å². The van der Waals surface area contributed by atoms with Crippen LogP contribution in [0.15, 0.2) is 29.9 Å². The van der Waals surface area contributed by atoms with Gasteiger partial charge in [-0.25, -0.2) is 9.78 Å². The summed E-state index contributed by atoms with van der Waals surface area (Å²) in [7, 11) is 1.15. The van der Waals surface area contributed by atoms with Gasteiger partial charge in [0.25, 0.3) is 11.8 Å². The zero-order chi connectivity index (χ0) is 24.7. The molecule has 1 aromatic heterocycles. The Morgan fingerprint density at radius 3 is 2.59 bits per heavy atom. The molecule has 0 saturated carbocycles. The zero-order valence-corrected chi connectivity index (χ0v) is 19.9. The fourth-order valence-corrected chi connectivity index (χ4v) is 4.55. The van der Waals surface area contributed by atoms with Crippen LogP contribution in [-0.4, -0.2) is 68.1 Å². The number of rotatable bonds is 8. The maximum atomic E-state index is 12.6. The first-order valence-corrected chi connectivity index (χ1v) is 11.8. The van der Waals surface area contributed by atoms with Gasteiger partial charge < -0.3 is 30.3 Å². The minimum Gasteiger partial charge on any atom is -0.464 e. The Labute approximate surface area is 201 Å². The van der Waals surface area contributed by atoms with Gasteiger partial charge in [-0.1, -0.05) is 13.2 Å². The van der Waals surface area contributed by atoms with Gasteiger partial charge in [-0.2, -0.15) is 0 Å². The van der Waals surface area contributed by atoms with E-state index in [4.69, 9.17) is 4.74 Å². The van der Waals surface area contributed by atoms with E-state index in [1.807, 2.05) is 4.90 Å². The SMILES string of the molecule is C=C(NC(=O)c1csc(N2CCC[C@H](NC(=O)C3CCOCC3)C2)n1)C(=O)NC(=C)C(=O)OC. The number of carbonyl (C=O) groups is 4. The van der Waals surface area contributed by atoms with Crippen LogP contribution in [0, 0.1) is 5.92 Å². The molecular weight excluding hydrogens is 462 g/mol. The number of aromatic nitrogens is 1. The molecule has 184 valence electrons. The smallest absolute Gasteiger partial charge is 0.353 e. The normalized spacial score (nSPS) is 18.5. The van der Waals surface area contributed by atoms with Crippen LogP contribution < -0.4 is 20.9 Å². The average Bonchev–Trinajstić information content (AvgIpc) is 3.34. The molecule has 2 aliphatic rings. The lowest BCUT2D eigenvalue weighted by atomic mass is 9.98. The molecule has 1 aromatic rings. The number of nitrogens with one attached hydrogen (secondary N) is 3. The van der Waals surface area contributed by atoms with Crippen LogP contribution in [0.4, 0.5) is 5.13 Å². The van der Waals surface area contributed by atoms with Crippen molar-refractivity contribution in [3.8, 4) is 0 Å². The van der Waals surface area contributed by atoms with Gasteiger partial charge in [0.15, 0.2) is 5.13 Å². The number of nitrogens with zero attached hydrogens (tertiary/aromatic N) is 2. The minimum atomic E-state index is -0.805. The van der Waals surface area contributed by atoms with Gasteiger partial charge in [0, 0.05) is 43.6 Å². The number of piperidine rings is 1. The monoisotopic (exact) mass is 491 g/mol. The first-order chi connectivity index (χ1) is 16.3. The van der Waals surface area contributed by atoms with Crippen molar-refractivity contribution in [2.24, 2.45) is 5.92 Å². The summed E-state index contributed by atoms with van der Waals surface area (Å²) < 4.78 is 9.78. The second-order valence-electron chi connectivity index (χ2n) is 8.05. The molecule has 0 bridgehead atoms. The predicted molar refractivity (Wildman–Crippen MR) is 125 cm³/mol. The summed E-state index contributed by atoms with van der Waals surface area (Å²) in [6, 6.07) is 0.0108. The Morgan fingerprint density at radius 1 is 1.15 bits per heavy atom. The molecule has 0 radical (unpaired) electrons. The third kappa shape index (κ3) is 6.64. The lowest BCUT2D eigenvalue weighted by molar-refractivity contribution is -0.137. The molecule has 3 heterocycles. The van der Waals surface area contributed by atoms with Gasteiger partial charge in [0.1, 0.15) is 11.4 Å². The molecule has 1 atom stereocenters. The van der Waals surface area contributed by atoms with Gasteiger partial charge in [0.2, 0.25) is 5.91 Å². The highest BCUT2D eigenvalue weighted by molar-refractivity contribution is 7.13. The average molecular weight is 492 g/mol. The molecule has 2 aliphatic heterocycles. The Kier molecular flexibility index (Phi) is 8.77. The molecule has 3 amide bonds. The van der Waals surface area contributed by atoms with Crippen LogP contribution in [0.25, 0.3) is 0 Å². The first kappa shape index (κ1) is 25.4. The summed E-state index contributed by atoms with van der Waals surface area (Å²) >= 11 is 1.31. The maximum Gasteiger partial charge on any atom is 0.353 e. The van der Waals surface area contributed by atoms with Crippen molar-refractivity contribution < 1.29 is 28.7 Å². The predicted octanol–water partition coefficient (Wildman–Crippen LogP) is 0.701. The lowest BCUT2D eigenvalue weighted by Gasteiger charge is -2.34. The molecule has 0 aliphatic carbocycles. The number of ether oxygens (including phenoxy) is 2. The van der Waals surface area contributed by atoms with Gasteiger partial charge >= 0.3 is 5.97 Å². The van der Waals surface area contributed by atoms with Crippen LogP contribution in [0.2, 0.25) is 0 Å². The Balaban J connectivity index is 1.52. The van der Waals surface area contributed by atoms with Crippen molar-refractivity contribution in [2.45, 2.75) is 31.7 Å². The van der Waals surface area contributed by atoms with Crippen LogP contribution in [0.1, 0.15) is 36.2 Å². The summed E-state index contributed by atoms with van der Waals surface area (Å²) in [5.74, 6) is -2.14. The second kappa shape index (κ2) is 11.7. The highest BCUT2D eigenvalue weighted by Gasteiger charge is 2.28. The van der Waals surface area contributed by atoms with E-state index >= 15 is 0 Å². The number of amides is 3. The number of anilines is 1. The zero-order valence-electron chi connectivity index (χ0n) is 19.1. The highest BCUT2D eigenvalue weighted by Crippen LogP contribution is 2.25. The largest absolute Gasteiger partial charge is 0.464 e. The molecule has 34 heavy (non-hydrogen) atoms. The van der Waals surface area contributed by atoms with Crippen molar-refractivity contribution in [3.63, 3.8) is 0 Å². The quantitative estimate of drug-likeness (QED) is 0.357. The van der Waals surface area contributed by atoms with Crippen LogP contribution in [0.5, 0.6) is 0 Å². The van der Waals surface area contributed by atoms with E-state index in [0.29, 0.717) is 24.9 Å². The number of carbonyl (C=O) groups excluding carboxylic acids is 4. The van der Waals surface area contributed by atoms with Crippen molar-refractivity contribution in [1.82, 2.24) is 20.9 Å². The van der Waals surface area contributed by atoms with Crippen molar-refractivity contribution in [1.29, 1.82) is 0 Å². The summed E-state index contributed by atoms with van der Waals surface area (Å²) in [5.41, 5.74) is -0.407. The number of hydrogen-bond acceptors (Lipinski definition) is 9. The second-order valence-corrected chi connectivity index (χ2v) is 8.89. The Hall–Kier alpha value is -3.25. The summed E-state index contributed by atoms with van der Waals surface area (Å²) in [4.78, 5) is 54.9. The molecular formula is C22H29N5O6S. The third-order valence-electron chi connectivity index (χ3n) is 5.59. The number of thiazole rings is 1. The molecule has 3 rings (SSSR count). The van der Waals surface area contributed by atoms with E-state index in [9.17, 15) is 19.2 Å². The van der Waals surface area contributed by atoms with Crippen LogP contribution >= 0.6 is 11.3 Å². The van der Waals surface area contributed by atoms with Gasteiger partial charge in [0.05, 0.1) is 12.8 Å². The molecule has 0 unspecified atom stereocenters. The number of esters is 1. The van der Waals surface area contributed by atoms with Gasteiger partial charge in [-0.3, -0.25) is 14.4 Å². The summed E-state index contributed by atoms with van der Waals surface area (Å²) in [5, 5.41) is 9.96. The van der Waals surface area contributed by atoms with Gasteiger partial charge in [-0.05, 0) is 25.7 Å². The highest BCUT2D eigenvalue weighted by atomic mass is 32.1. The number of hydrogen-bond donors (Lipinski definition) is 3. The fourth-order valence-electron chi connectivity index (χ4n) is 3.71. The minimum absolute atomic E-state index is 0.00521. The van der Waals surface area contributed by atoms with E-state index < -0.39 is 17.8 Å². The third-order valence-corrected chi connectivity index (χ3v) is 6.49. The first-order valence-electron chi connectivity index (χ1n) is 11.0. The summed E-state index contributed by atoms with van der Waals surface area (Å²) in [6.07, 6.45) is 3.26. The van der Waals surface area contributed by atoms with Crippen LogP contribution in [0.3, 0.4) is 0 Å². The molecule has 2 saturated heterocycles. The van der Waals surface area contributed by atoms with Gasteiger partial charge in [-0.15, -0.1) is 11.3 Å². The molecule has 0 spiro atoms. The molecule has 0 aromatic carbocycles.